The fourth-order valence-electron chi connectivity index (χ4n) is 3.48. The number of hydrogen-bond acceptors (Lipinski definition) is 8. The minimum atomic E-state index is -0.271. The smallest absolute Gasteiger partial charge is 0.255 e. The minimum absolute atomic E-state index is 0.214. The van der Waals surface area contributed by atoms with Crippen LogP contribution in [-0.4, -0.2) is 54.0 Å². The number of pyridine rings is 1. The van der Waals surface area contributed by atoms with Gasteiger partial charge in [-0.2, -0.15) is 0 Å². The fourth-order valence-corrected chi connectivity index (χ4v) is 3.48. The van der Waals surface area contributed by atoms with Crippen molar-refractivity contribution < 1.29 is 19.0 Å². The molecule has 2 aliphatic rings. The molecule has 31 heavy (non-hydrogen) atoms. The van der Waals surface area contributed by atoms with Gasteiger partial charge in [0, 0.05) is 32.0 Å². The molecule has 2 aliphatic heterocycles. The molecule has 0 radical (unpaired) electrons. The van der Waals surface area contributed by atoms with Crippen LogP contribution in [0.4, 0.5) is 5.95 Å². The number of aromatic nitrogens is 3. The van der Waals surface area contributed by atoms with Crippen LogP contribution in [0, 0.1) is 0 Å². The lowest BCUT2D eigenvalue weighted by atomic mass is 10.1. The Morgan fingerprint density at radius 2 is 1.94 bits per heavy atom. The summed E-state index contributed by atoms with van der Waals surface area (Å²) in [6, 6.07) is 11.1. The number of hydrogen-bond donors (Lipinski definition) is 1. The third kappa shape index (κ3) is 4.13. The molecule has 9 heteroatoms. The van der Waals surface area contributed by atoms with Gasteiger partial charge < -0.3 is 24.4 Å². The number of morpholine rings is 1. The Balaban J connectivity index is 1.39. The van der Waals surface area contributed by atoms with Crippen molar-refractivity contribution in [2.24, 2.45) is 0 Å². The summed E-state index contributed by atoms with van der Waals surface area (Å²) in [4.78, 5) is 28.6. The van der Waals surface area contributed by atoms with E-state index >= 15 is 0 Å². The summed E-state index contributed by atoms with van der Waals surface area (Å²) in [7, 11) is 0. The van der Waals surface area contributed by atoms with E-state index in [1.54, 1.807) is 12.4 Å². The molecular formula is C22H21N5O4. The Morgan fingerprint density at radius 1 is 1.06 bits per heavy atom. The van der Waals surface area contributed by atoms with E-state index in [-0.39, 0.29) is 12.7 Å². The third-order valence-corrected chi connectivity index (χ3v) is 5.11. The van der Waals surface area contributed by atoms with Crippen LogP contribution in [0.2, 0.25) is 0 Å². The van der Waals surface area contributed by atoms with E-state index in [2.05, 4.69) is 20.3 Å². The molecule has 0 saturated carbocycles. The Hall–Kier alpha value is -3.72. The Morgan fingerprint density at radius 3 is 2.77 bits per heavy atom. The molecule has 1 aromatic carbocycles. The second-order valence-corrected chi connectivity index (χ2v) is 7.12. The molecular weight excluding hydrogens is 398 g/mol. The topological polar surface area (TPSA) is 98.7 Å². The molecule has 9 nitrogen and oxygen atoms in total. The monoisotopic (exact) mass is 419 g/mol. The molecule has 5 rings (SSSR count). The summed E-state index contributed by atoms with van der Waals surface area (Å²) in [5, 5.41) is 2.94. The van der Waals surface area contributed by atoms with E-state index in [1.165, 1.54) is 0 Å². The largest absolute Gasteiger partial charge is 0.454 e. The summed E-state index contributed by atoms with van der Waals surface area (Å²) in [6.07, 6.45) is 3.25. The number of benzene rings is 1. The molecule has 1 amide bonds. The van der Waals surface area contributed by atoms with Gasteiger partial charge in [0.1, 0.15) is 5.69 Å². The molecule has 0 unspecified atom stereocenters. The standard InChI is InChI=1S/C22H21N5O4/c28-21(24-12-15-4-5-18-19(11-15)31-14-30-18)16-13-25-22(27-7-9-29-10-8-27)26-20(16)17-3-1-2-6-23-17/h1-6,11,13H,7-10,12,14H2,(H,24,28). The van der Waals surface area contributed by atoms with E-state index in [0.29, 0.717) is 67.2 Å². The number of ether oxygens (including phenoxy) is 3. The highest BCUT2D eigenvalue weighted by Gasteiger charge is 2.21. The molecule has 4 heterocycles. The number of nitrogens with one attached hydrogen (secondary N) is 1. The quantitative estimate of drug-likeness (QED) is 0.671. The highest BCUT2D eigenvalue weighted by molar-refractivity contribution is 5.99. The molecule has 3 aromatic rings. The molecule has 1 fully saturated rings. The van der Waals surface area contributed by atoms with Gasteiger partial charge in [-0.05, 0) is 29.8 Å². The second kappa shape index (κ2) is 8.57. The van der Waals surface area contributed by atoms with Crippen LogP contribution in [0.3, 0.4) is 0 Å². The lowest BCUT2D eigenvalue weighted by Crippen LogP contribution is -2.37. The average Bonchev–Trinajstić information content (AvgIpc) is 3.31. The predicted molar refractivity (Wildman–Crippen MR) is 112 cm³/mol. The van der Waals surface area contributed by atoms with Crippen molar-refractivity contribution in [1.29, 1.82) is 0 Å². The Bertz CT molecular complexity index is 1090. The number of nitrogens with zero attached hydrogens (tertiary/aromatic N) is 4. The second-order valence-electron chi connectivity index (χ2n) is 7.12. The summed E-state index contributed by atoms with van der Waals surface area (Å²) in [5.74, 6) is 1.68. The third-order valence-electron chi connectivity index (χ3n) is 5.11. The van der Waals surface area contributed by atoms with Crippen molar-refractivity contribution in [1.82, 2.24) is 20.3 Å². The zero-order chi connectivity index (χ0) is 21.0. The predicted octanol–water partition coefficient (Wildman–Crippen LogP) is 2.03. The molecule has 2 aromatic heterocycles. The first-order valence-electron chi connectivity index (χ1n) is 10.1. The fraction of sp³-hybridized carbons (Fsp3) is 0.273. The van der Waals surface area contributed by atoms with E-state index < -0.39 is 0 Å². The molecule has 0 bridgehead atoms. The SMILES string of the molecule is O=C(NCc1ccc2c(c1)OCO2)c1cnc(N2CCOCC2)nc1-c1ccccn1. The number of anilines is 1. The van der Waals surface area contributed by atoms with Gasteiger partial charge in [0.2, 0.25) is 12.7 Å². The highest BCUT2D eigenvalue weighted by atomic mass is 16.7. The Kier molecular flexibility index (Phi) is 5.32. The highest BCUT2D eigenvalue weighted by Crippen LogP contribution is 2.32. The molecule has 1 N–H and O–H groups in total. The molecule has 0 spiro atoms. The summed E-state index contributed by atoms with van der Waals surface area (Å²) in [6.45, 7) is 3.21. The number of amides is 1. The van der Waals surface area contributed by atoms with Crippen molar-refractivity contribution >= 4 is 11.9 Å². The van der Waals surface area contributed by atoms with E-state index in [9.17, 15) is 4.79 Å². The van der Waals surface area contributed by atoms with Crippen LogP contribution in [0.1, 0.15) is 15.9 Å². The van der Waals surface area contributed by atoms with Crippen LogP contribution in [-0.2, 0) is 11.3 Å². The number of rotatable bonds is 5. The van der Waals surface area contributed by atoms with Gasteiger partial charge in [-0.1, -0.05) is 12.1 Å². The number of carbonyl (C=O) groups excluding carboxylic acids is 1. The van der Waals surface area contributed by atoms with Gasteiger partial charge in [-0.3, -0.25) is 9.78 Å². The van der Waals surface area contributed by atoms with Crippen molar-refractivity contribution in [2.75, 3.05) is 38.0 Å². The van der Waals surface area contributed by atoms with E-state index in [4.69, 9.17) is 14.2 Å². The Labute approximate surface area is 179 Å². The first-order valence-corrected chi connectivity index (χ1v) is 10.1. The van der Waals surface area contributed by atoms with Gasteiger partial charge >= 0.3 is 0 Å². The van der Waals surface area contributed by atoms with Gasteiger partial charge in [0.25, 0.3) is 5.91 Å². The van der Waals surface area contributed by atoms with E-state index in [1.807, 2.05) is 41.3 Å². The van der Waals surface area contributed by atoms with Gasteiger partial charge in [0.05, 0.1) is 24.5 Å². The lowest BCUT2D eigenvalue weighted by molar-refractivity contribution is 0.0950. The molecule has 0 aliphatic carbocycles. The van der Waals surface area contributed by atoms with Crippen LogP contribution in [0.25, 0.3) is 11.4 Å². The van der Waals surface area contributed by atoms with Gasteiger partial charge in [0.15, 0.2) is 11.5 Å². The zero-order valence-corrected chi connectivity index (χ0v) is 16.8. The maximum Gasteiger partial charge on any atom is 0.255 e. The molecule has 0 atom stereocenters. The van der Waals surface area contributed by atoms with E-state index in [0.717, 1.165) is 5.56 Å². The molecule has 1 saturated heterocycles. The first kappa shape index (κ1) is 19.3. The van der Waals surface area contributed by atoms with Crippen molar-refractivity contribution in [2.45, 2.75) is 6.54 Å². The maximum absolute atomic E-state index is 13.0. The number of fused-ring (bicyclic) bond motifs is 1. The van der Waals surface area contributed by atoms with Crippen LogP contribution >= 0.6 is 0 Å². The van der Waals surface area contributed by atoms with Crippen LogP contribution in [0.5, 0.6) is 11.5 Å². The zero-order valence-electron chi connectivity index (χ0n) is 16.8. The van der Waals surface area contributed by atoms with Crippen molar-refractivity contribution in [3.05, 3.63) is 59.9 Å². The molecule has 158 valence electrons. The average molecular weight is 419 g/mol. The van der Waals surface area contributed by atoms with Crippen molar-refractivity contribution in [3.63, 3.8) is 0 Å². The van der Waals surface area contributed by atoms with Crippen molar-refractivity contribution in [3.8, 4) is 22.9 Å². The first-order chi connectivity index (χ1) is 15.3. The lowest BCUT2D eigenvalue weighted by Gasteiger charge is -2.27. The van der Waals surface area contributed by atoms with Gasteiger partial charge in [-0.25, -0.2) is 9.97 Å². The summed E-state index contributed by atoms with van der Waals surface area (Å²) >= 11 is 0. The van der Waals surface area contributed by atoms with Crippen LogP contribution < -0.4 is 19.7 Å². The normalized spacial score (nSPS) is 15.0. The summed E-state index contributed by atoms with van der Waals surface area (Å²) < 4.78 is 16.1. The minimum Gasteiger partial charge on any atom is -0.454 e. The van der Waals surface area contributed by atoms with Gasteiger partial charge in [-0.15, -0.1) is 0 Å². The maximum atomic E-state index is 13.0. The van der Waals surface area contributed by atoms with Crippen LogP contribution in [0.15, 0.2) is 48.8 Å². The number of carbonyl (C=O) groups is 1. The summed E-state index contributed by atoms with van der Waals surface area (Å²) in [5.41, 5.74) is 2.40.